The molecule has 0 amide bonds. The number of esters is 1. The fourth-order valence-corrected chi connectivity index (χ4v) is 3.17. The van der Waals surface area contributed by atoms with E-state index in [4.69, 9.17) is 10.8 Å². The molecule has 0 bridgehead atoms. The smallest absolute Gasteiger partial charge is 0.310 e. The SMILES string of the molecule is [2H][C@H]1C(=O)O[C@@H]2OC[C@@H]3CCCN3[C@@]21CC=C. The number of ether oxygens (including phenoxy) is 2. The second-order valence-corrected chi connectivity index (χ2v) is 4.72. The van der Waals surface area contributed by atoms with Gasteiger partial charge in [0.25, 0.3) is 0 Å². The van der Waals surface area contributed by atoms with E-state index in [9.17, 15) is 4.79 Å². The van der Waals surface area contributed by atoms with Crippen molar-refractivity contribution in [1.82, 2.24) is 4.90 Å². The van der Waals surface area contributed by atoms with E-state index in [1.807, 2.05) is 0 Å². The monoisotopic (exact) mass is 224 g/mol. The Morgan fingerprint density at radius 3 is 3.44 bits per heavy atom. The number of rotatable bonds is 2. The molecule has 3 aliphatic rings. The number of carbonyl (C=O) groups excluding carboxylic acids is 1. The minimum absolute atomic E-state index is 0.327. The van der Waals surface area contributed by atoms with E-state index < -0.39 is 24.2 Å². The molecule has 16 heavy (non-hydrogen) atoms. The van der Waals surface area contributed by atoms with Gasteiger partial charge in [-0.1, -0.05) is 6.08 Å². The Bertz CT molecular complexity index is 362. The summed E-state index contributed by atoms with van der Waals surface area (Å²) in [7, 11) is 0. The van der Waals surface area contributed by atoms with Crippen molar-refractivity contribution in [3.8, 4) is 0 Å². The summed E-state index contributed by atoms with van der Waals surface area (Å²) in [5.74, 6) is -0.468. The second-order valence-electron chi connectivity index (χ2n) is 4.72. The van der Waals surface area contributed by atoms with E-state index >= 15 is 0 Å². The maximum atomic E-state index is 11.7. The number of carbonyl (C=O) groups is 1. The van der Waals surface area contributed by atoms with Crippen molar-refractivity contribution in [2.75, 3.05) is 13.2 Å². The fourth-order valence-electron chi connectivity index (χ4n) is 3.17. The lowest BCUT2D eigenvalue weighted by Gasteiger charge is -2.47. The van der Waals surface area contributed by atoms with Crippen LogP contribution in [0.3, 0.4) is 0 Å². The van der Waals surface area contributed by atoms with Gasteiger partial charge in [-0.25, -0.2) is 0 Å². The zero-order valence-electron chi connectivity index (χ0n) is 10.2. The van der Waals surface area contributed by atoms with Gasteiger partial charge in [0.15, 0.2) is 0 Å². The third-order valence-electron chi connectivity index (χ3n) is 3.82. The molecule has 3 aliphatic heterocycles. The summed E-state index contributed by atoms with van der Waals surface area (Å²) in [6.07, 6.45) is 3.03. The average Bonchev–Trinajstić information content (AvgIpc) is 2.87. The normalized spacial score (nSPS) is 48.1. The summed E-state index contributed by atoms with van der Waals surface area (Å²) in [5, 5.41) is 0. The molecule has 4 atom stereocenters. The van der Waals surface area contributed by atoms with Crippen LogP contribution in [0.25, 0.3) is 0 Å². The number of nitrogens with zero attached hydrogens (tertiary/aromatic N) is 1. The molecule has 0 saturated carbocycles. The van der Waals surface area contributed by atoms with Gasteiger partial charge in [-0.05, 0) is 25.8 Å². The highest BCUT2D eigenvalue weighted by Gasteiger charge is 2.58. The molecule has 0 aromatic rings. The highest BCUT2D eigenvalue weighted by atomic mass is 16.7. The Balaban J connectivity index is 2.02. The quantitative estimate of drug-likeness (QED) is 0.519. The maximum Gasteiger partial charge on any atom is 0.310 e. The second kappa shape index (κ2) is 3.57. The Hall–Kier alpha value is -0.870. The molecule has 3 fully saturated rings. The van der Waals surface area contributed by atoms with Gasteiger partial charge in [-0.15, -0.1) is 6.58 Å². The van der Waals surface area contributed by atoms with E-state index in [0.717, 1.165) is 19.4 Å². The van der Waals surface area contributed by atoms with Crippen molar-refractivity contribution in [1.29, 1.82) is 0 Å². The topological polar surface area (TPSA) is 38.8 Å². The molecule has 0 spiro atoms. The van der Waals surface area contributed by atoms with Crippen LogP contribution in [0.5, 0.6) is 0 Å². The molecule has 0 aliphatic carbocycles. The van der Waals surface area contributed by atoms with E-state index in [1.165, 1.54) is 0 Å². The van der Waals surface area contributed by atoms with Crippen molar-refractivity contribution in [3.05, 3.63) is 12.7 Å². The Labute approximate surface area is 96.6 Å². The molecule has 0 aromatic heterocycles. The van der Waals surface area contributed by atoms with Gasteiger partial charge in [0.05, 0.1) is 18.5 Å². The van der Waals surface area contributed by atoms with Crippen LogP contribution in [-0.4, -0.2) is 41.9 Å². The lowest BCUT2D eigenvalue weighted by Crippen LogP contribution is -2.61. The van der Waals surface area contributed by atoms with Crippen molar-refractivity contribution in [3.63, 3.8) is 0 Å². The Kier molecular flexibility index (Phi) is 2.05. The van der Waals surface area contributed by atoms with Crippen LogP contribution in [0.2, 0.25) is 0 Å². The number of morpholine rings is 1. The first kappa shape index (κ1) is 9.19. The molecule has 3 saturated heterocycles. The van der Waals surface area contributed by atoms with Gasteiger partial charge >= 0.3 is 5.97 Å². The molecule has 0 aromatic carbocycles. The van der Waals surface area contributed by atoms with Crippen LogP contribution in [0.15, 0.2) is 12.7 Å². The van der Waals surface area contributed by atoms with Gasteiger partial charge in [0.1, 0.15) is 0 Å². The number of hydrogen-bond donors (Lipinski definition) is 0. The van der Waals surface area contributed by atoms with Crippen LogP contribution in [0.1, 0.15) is 27.0 Å². The zero-order valence-corrected chi connectivity index (χ0v) is 9.22. The van der Waals surface area contributed by atoms with Crippen molar-refractivity contribution in [2.24, 2.45) is 0 Å². The Morgan fingerprint density at radius 2 is 2.62 bits per heavy atom. The molecule has 0 radical (unpaired) electrons. The van der Waals surface area contributed by atoms with E-state index in [2.05, 4.69) is 11.5 Å². The van der Waals surface area contributed by atoms with Crippen LogP contribution >= 0.6 is 0 Å². The highest BCUT2D eigenvalue weighted by Crippen LogP contribution is 2.44. The van der Waals surface area contributed by atoms with Gasteiger partial charge in [0, 0.05) is 7.41 Å². The molecule has 0 unspecified atom stereocenters. The fraction of sp³-hybridized carbons (Fsp3) is 0.750. The summed E-state index contributed by atoms with van der Waals surface area (Å²) in [4.78, 5) is 13.9. The molecule has 4 heteroatoms. The minimum atomic E-state index is -0.883. The first-order chi connectivity index (χ1) is 8.20. The van der Waals surface area contributed by atoms with Crippen molar-refractivity contribution in [2.45, 2.75) is 43.5 Å². The van der Waals surface area contributed by atoms with Crippen LogP contribution in [0.4, 0.5) is 0 Å². The summed E-state index contributed by atoms with van der Waals surface area (Å²) < 4.78 is 19.0. The molecule has 88 valence electrons. The van der Waals surface area contributed by atoms with Gasteiger partial charge < -0.3 is 9.47 Å². The third kappa shape index (κ3) is 1.26. The minimum Gasteiger partial charge on any atom is -0.434 e. The number of hydrogen-bond acceptors (Lipinski definition) is 4. The van der Waals surface area contributed by atoms with Gasteiger partial charge in [-0.3, -0.25) is 9.69 Å². The van der Waals surface area contributed by atoms with Crippen molar-refractivity contribution < 1.29 is 15.6 Å². The molecule has 4 nitrogen and oxygen atoms in total. The molecule has 3 heterocycles. The van der Waals surface area contributed by atoms with Crippen LogP contribution in [0, 0.1) is 0 Å². The summed E-state index contributed by atoms with van der Waals surface area (Å²) in [6.45, 7) is 5.27. The first-order valence-electron chi connectivity index (χ1n) is 6.40. The van der Waals surface area contributed by atoms with Crippen molar-refractivity contribution >= 4 is 5.97 Å². The van der Waals surface area contributed by atoms with Crippen LogP contribution < -0.4 is 0 Å². The van der Waals surface area contributed by atoms with E-state index in [1.54, 1.807) is 6.08 Å². The predicted octanol–water partition coefficient (Wildman–Crippen LogP) is 1.07. The Morgan fingerprint density at radius 1 is 1.75 bits per heavy atom. The maximum absolute atomic E-state index is 11.7. The van der Waals surface area contributed by atoms with Gasteiger partial charge in [-0.2, -0.15) is 0 Å². The third-order valence-corrected chi connectivity index (χ3v) is 3.82. The zero-order chi connectivity index (χ0) is 12.0. The number of fused-ring (bicyclic) bond motifs is 3. The largest absolute Gasteiger partial charge is 0.434 e. The summed E-state index contributed by atoms with van der Waals surface area (Å²) >= 11 is 0. The lowest BCUT2D eigenvalue weighted by atomic mass is 9.88. The molecule has 3 rings (SSSR count). The molecule has 0 N–H and O–H groups in total. The predicted molar refractivity (Wildman–Crippen MR) is 57.7 cm³/mol. The molecular formula is C12H17NO3. The lowest BCUT2D eigenvalue weighted by molar-refractivity contribution is -0.216. The highest BCUT2D eigenvalue weighted by molar-refractivity contribution is 5.74. The average molecular weight is 224 g/mol. The standard InChI is InChI=1S/C12H17NO3/c1-2-5-12-7-10(14)16-11(12)15-8-9-4-3-6-13(9)12/h2,9,11H,1,3-8H2/t9-,11-,12+/m0/s1/i7D/t7-,9-,11-,12+. The van der Waals surface area contributed by atoms with E-state index in [-0.39, 0.29) is 0 Å². The molecular weight excluding hydrogens is 206 g/mol. The van der Waals surface area contributed by atoms with Gasteiger partial charge in [0.2, 0.25) is 6.29 Å². The summed E-state index contributed by atoms with van der Waals surface area (Å²) in [5.41, 5.74) is -0.641. The van der Waals surface area contributed by atoms with Crippen LogP contribution in [-0.2, 0) is 14.3 Å². The van der Waals surface area contributed by atoms with E-state index in [0.29, 0.717) is 19.1 Å². The first-order valence-corrected chi connectivity index (χ1v) is 5.82. The summed E-state index contributed by atoms with van der Waals surface area (Å²) in [6, 6.07) is 0.327.